The number of nitrogens with zero attached hydrogens (tertiary/aromatic N) is 1. The third kappa shape index (κ3) is 4.69. The van der Waals surface area contributed by atoms with E-state index in [9.17, 15) is 13.2 Å². The minimum Gasteiger partial charge on any atom is -0.399 e. The Hall–Kier alpha value is -3.42. The number of hydrogen-bond acceptors (Lipinski definition) is 4. The van der Waals surface area contributed by atoms with Crippen molar-refractivity contribution in [1.29, 1.82) is 0 Å². The van der Waals surface area contributed by atoms with E-state index in [4.69, 9.17) is 5.73 Å². The summed E-state index contributed by atoms with van der Waals surface area (Å²) in [4.78, 5) is 15.6. The maximum absolute atomic E-state index is 13.6. The number of rotatable bonds is 4. The third-order valence-electron chi connectivity index (χ3n) is 6.09. The Bertz CT molecular complexity index is 1350. The largest absolute Gasteiger partial charge is 0.399 e. The summed E-state index contributed by atoms with van der Waals surface area (Å²) >= 11 is 0. The van der Waals surface area contributed by atoms with Crippen LogP contribution in [0.15, 0.2) is 60.7 Å². The van der Waals surface area contributed by atoms with Crippen LogP contribution >= 0.6 is 0 Å². The Morgan fingerprint density at radius 1 is 1.03 bits per heavy atom. The van der Waals surface area contributed by atoms with Crippen molar-refractivity contribution in [2.24, 2.45) is 0 Å². The van der Waals surface area contributed by atoms with Gasteiger partial charge in [-0.05, 0) is 66.8 Å². The number of carbonyl (C=O) groups is 1. The normalized spacial score (nSPS) is 15.7. The average molecular weight is 462 g/mol. The second kappa shape index (κ2) is 9.21. The van der Waals surface area contributed by atoms with Crippen molar-refractivity contribution in [2.75, 3.05) is 11.1 Å². The van der Waals surface area contributed by atoms with Gasteiger partial charge < -0.3 is 11.1 Å². The van der Waals surface area contributed by atoms with Crippen LogP contribution in [-0.2, 0) is 28.1 Å². The molecule has 0 saturated heterocycles. The number of hydrogen-bond donors (Lipinski definition) is 2. The molecule has 33 heavy (non-hydrogen) atoms. The van der Waals surface area contributed by atoms with E-state index in [0.29, 0.717) is 17.9 Å². The van der Waals surface area contributed by atoms with E-state index in [1.165, 1.54) is 0 Å². The molecular formula is C26H27N3O3S. The molecule has 1 atom stereocenters. The van der Waals surface area contributed by atoms with Crippen molar-refractivity contribution in [3.63, 3.8) is 0 Å². The lowest BCUT2D eigenvalue weighted by Gasteiger charge is -2.37. The average Bonchev–Trinajstić information content (AvgIpc) is 2.75. The van der Waals surface area contributed by atoms with Gasteiger partial charge in [0.2, 0.25) is 16.2 Å². The lowest BCUT2D eigenvalue weighted by Crippen LogP contribution is -2.45. The highest BCUT2D eigenvalue weighted by Gasteiger charge is 2.37. The SMILES string of the molecule is Cc1cc(C)c(CN2C(=S(=O)=O)Cc3ccccc3C2C(=O)Nc2cccc(N)c2)c(C)c1. The van der Waals surface area contributed by atoms with Crippen molar-refractivity contribution in [1.82, 2.24) is 4.90 Å². The van der Waals surface area contributed by atoms with Gasteiger partial charge in [-0.3, -0.25) is 4.79 Å². The molecule has 1 aliphatic rings. The van der Waals surface area contributed by atoms with Gasteiger partial charge >= 0.3 is 0 Å². The number of fused-ring (bicyclic) bond motifs is 1. The highest BCUT2D eigenvalue weighted by atomic mass is 32.2. The van der Waals surface area contributed by atoms with E-state index in [0.717, 1.165) is 33.4 Å². The number of nitrogens with two attached hydrogens (primary N) is 1. The molecule has 6 nitrogen and oxygen atoms in total. The van der Waals surface area contributed by atoms with Gasteiger partial charge in [0.15, 0.2) is 0 Å². The zero-order valence-corrected chi connectivity index (χ0v) is 19.7. The van der Waals surface area contributed by atoms with Crippen LogP contribution in [0.4, 0.5) is 11.4 Å². The van der Waals surface area contributed by atoms with Crippen LogP contribution in [0.3, 0.4) is 0 Å². The molecule has 0 spiro atoms. The van der Waals surface area contributed by atoms with Gasteiger partial charge in [0, 0.05) is 24.3 Å². The summed E-state index contributed by atoms with van der Waals surface area (Å²) in [5, 5.41) is 2.93. The number of benzene rings is 3. The van der Waals surface area contributed by atoms with Gasteiger partial charge in [-0.1, -0.05) is 48.0 Å². The topological polar surface area (TPSA) is 92.5 Å². The van der Waals surface area contributed by atoms with E-state index < -0.39 is 16.3 Å². The van der Waals surface area contributed by atoms with Gasteiger partial charge in [0.1, 0.15) is 11.0 Å². The molecular weight excluding hydrogens is 434 g/mol. The monoisotopic (exact) mass is 461 g/mol. The number of carbonyl (C=O) groups excluding carboxylic acids is 1. The fourth-order valence-corrected chi connectivity index (χ4v) is 5.25. The second-order valence-electron chi connectivity index (χ2n) is 8.53. The summed E-state index contributed by atoms with van der Waals surface area (Å²) in [7, 11) is -2.48. The lowest BCUT2D eigenvalue weighted by atomic mass is 9.90. The molecule has 3 aromatic carbocycles. The Morgan fingerprint density at radius 3 is 2.39 bits per heavy atom. The molecule has 0 saturated carbocycles. The van der Waals surface area contributed by atoms with E-state index in [1.807, 2.05) is 45.0 Å². The predicted octanol–water partition coefficient (Wildman–Crippen LogP) is 3.94. The summed E-state index contributed by atoms with van der Waals surface area (Å²) in [5.74, 6) is -0.307. The first-order chi connectivity index (χ1) is 15.7. The van der Waals surface area contributed by atoms with E-state index in [-0.39, 0.29) is 17.3 Å². The summed E-state index contributed by atoms with van der Waals surface area (Å²) in [6.07, 6.45) is 0.248. The molecule has 0 radical (unpaired) electrons. The lowest BCUT2D eigenvalue weighted by molar-refractivity contribution is -0.120. The molecule has 1 heterocycles. The van der Waals surface area contributed by atoms with Crippen LogP contribution in [0.25, 0.3) is 0 Å². The van der Waals surface area contributed by atoms with Crippen LogP contribution in [-0.4, -0.2) is 24.2 Å². The maximum atomic E-state index is 13.6. The van der Waals surface area contributed by atoms with Gasteiger partial charge in [0.25, 0.3) is 0 Å². The highest BCUT2D eigenvalue weighted by molar-refractivity contribution is 7.72. The summed E-state index contributed by atoms with van der Waals surface area (Å²) < 4.78 is 24.7. The molecule has 170 valence electrons. The number of aryl methyl sites for hydroxylation is 3. The number of nitrogen functional groups attached to an aromatic ring is 1. The van der Waals surface area contributed by atoms with Crippen LogP contribution in [0, 0.1) is 20.8 Å². The maximum Gasteiger partial charge on any atom is 0.246 e. The minimum absolute atomic E-state index is 0.209. The van der Waals surface area contributed by atoms with Crippen LogP contribution in [0.5, 0.6) is 0 Å². The minimum atomic E-state index is -2.48. The van der Waals surface area contributed by atoms with Crippen molar-refractivity contribution in [2.45, 2.75) is 39.8 Å². The molecule has 1 unspecified atom stereocenters. The van der Waals surface area contributed by atoms with Gasteiger partial charge in [-0.25, -0.2) is 4.90 Å². The highest BCUT2D eigenvalue weighted by Crippen LogP contribution is 2.34. The predicted molar refractivity (Wildman–Crippen MR) is 132 cm³/mol. The quantitative estimate of drug-likeness (QED) is 0.454. The Labute approximate surface area is 195 Å². The van der Waals surface area contributed by atoms with Crippen LogP contribution < -0.4 is 11.1 Å². The zero-order chi connectivity index (χ0) is 23.7. The van der Waals surface area contributed by atoms with Crippen LogP contribution in [0.1, 0.15) is 39.4 Å². The van der Waals surface area contributed by atoms with Gasteiger partial charge in [0.05, 0.1) is 0 Å². The molecule has 7 heteroatoms. The zero-order valence-electron chi connectivity index (χ0n) is 18.9. The second-order valence-corrected chi connectivity index (χ2v) is 9.47. The molecule has 4 rings (SSSR count). The fourth-order valence-electron chi connectivity index (χ4n) is 4.61. The smallest absolute Gasteiger partial charge is 0.246 e. The molecule has 0 fully saturated rings. The first-order valence-corrected chi connectivity index (χ1v) is 11.8. The van der Waals surface area contributed by atoms with Crippen molar-refractivity contribution < 1.29 is 13.2 Å². The number of amides is 1. The van der Waals surface area contributed by atoms with Crippen molar-refractivity contribution in [3.05, 3.63) is 94.0 Å². The summed E-state index contributed by atoms with van der Waals surface area (Å²) in [6.45, 7) is 6.38. The first-order valence-electron chi connectivity index (χ1n) is 10.8. The summed E-state index contributed by atoms with van der Waals surface area (Å²) in [6, 6.07) is 17.8. The molecule has 0 aliphatic carbocycles. The Kier molecular flexibility index (Phi) is 6.35. The van der Waals surface area contributed by atoms with E-state index >= 15 is 0 Å². The molecule has 0 bridgehead atoms. The molecule has 3 aromatic rings. The third-order valence-corrected chi connectivity index (χ3v) is 6.85. The molecule has 1 aliphatic heterocycles. The molecule has 3 N–H and O–H groups in total. The fraction of sp³-hybridized carbons (Fsp3) is 0.231. The standard InChI is InChI=1S/C26H27N3O3S/c1-16-11-17(2)23(18(3)12-16)15-29-24(33(31)32)13-19-7-4-5-10-22(19)25(29)26(30)28-21-9-6-8-20(27)14-21/h4-12,14,25H,13,15,27H2,1-3H3,(H,28,30). The Balaban J connectivity index is 1.83. The van der Waals surface area contributed by atoms with Crippen molar-refractivity contribution in [3.8, 4) is 0 Å². The molecule has 0 aromatic heterocycles. The first kappa shape index (κ1) is 22.8. The number of nitrogens with one attached hydrogen (secondary N) is 1. The van der Waals surface area contributed by atoms with Crippen LogP contribution in [0.2, 0.25) is 0 Å². The van der Waals surface area contributed by atoms with E-state index in [2.05, 4.69) is 17.4 Å². The summed E-state index contributed by atoms with van der Waals surface area (Å²) in [5.41, 5.74) is 12.9. The number of anilines is 2. The van der Waals surface area contributed by atoms with Gasteiger partial charge in [-0.2, -0.15) is 8.42 Å². The van der Waals surface area contributed by atoms with Crippen molar-refractivity contribution >= 4 is 32.6 Å². The molecule has 1 amide bonds. The van der Waals surface area contributed by atoms with E-state index in [1.54, 1.807) is 29.2 Å². The van der Waals surface area contributed by atoms with Gasteiger partial charge in [-0.15, -0.1) is 0 Å². The Morgan fingerprint density at radius 2 is 1.73 bits per heavy atom.